The number of thiophene rings is 1. The van der Waals surface area contributed by atoms with E-state index in [1.54, 1.807) is 11.4 Å². The highest BCUT2D eigenvalue weighted by atomic mass is 32.1. The summed E-state index contributed by atoms with van der Waals surface area (Å²) < 4.78 is 14.9. The molecule has 0 fully saturated rings. The van der Waals surface area contributed by atoms with Crippen LogP contribution < -0.4 is 14.8 Å². The molecule has 1 aliphatic heterocycles. The van der Waals surface area contributed by atoms with E-state index < -0.39 is 22.4 Å². The van der Waals surface area contributed by atoms with Gasteiger partial charge < -0.3 is 19.5 Å². The van der Waals surface area contributed by atoms with Gasteiger partial charge in [0.05, 0.1) is 29.2 Å². The topological polar surface area (TPSA) is 141 Å². The van der Waals surface area contributed by atoms with Crippen molar-refractivity contribution >= 4 is 40.0 Å². The van der Waals surface area contributed by atoms with Gasteiger partial charge in [-0.1, -0.05) is 0 Å². The van der Waals surface area contributed by atoms with Gasteiger partial charge in [-0.15, -0.1) is 11.3 Å². The number of esters is 1. The number of hydrogen-bond donors (Lipinski definition) is 1. The molecule has 1 aromatic heterocycles. The molecule has 1 aliphatic rings. The Morgan fingerprint density at radius 3 is 2.75 bits per heavy atom. The maximum atomic E-state index is 12.5. The standard InChI is InChI=1S/C17H11N3O7S/c1-25-17(22)11-2-3-28-16(11)19-15(21)10(7-18)4-9-5-13-14(27-8-26-13)6-12(9)20(23)24/h2-6H,8H2,1H3,(H,19,21)/b10-4-. The van der Waals surface area contributed by atoms with E-state index in [9.17, 15) is 25.0 Å². The highest BCUT2D eigenvalue weighted by Crippen LogP contribution is 2.38. The number of benzene rings is 1. The lowest BCUT2D eigenvalue weighted by Crippen LogP contribution is -2.15. The van der Waals surface area contributed by atoms with Gasteiger partial charge in [0.15, 0.2) is 11.5 Å². The third-order valence-corrected chi connectivity index (χ3v) is 4.51. The number of carbonyl (C=O) groups is 2. The minimum absolute atomic E-state index is 0.000297. The molecule has 1 N–H and O–H groups in total. The Bertz CT molecular complexity index is 1050. The van der Waals surface area contributed by atoms with Crippen molar-refractivity contribution in [2.24, 2.45) is 0 Å². The number of nitrogens with one attached hydrogen (secondary N) is 1. The first-order valence-corrected chi connectivity index (χ1v) is 8.49. The molecule has 0 spiro atoms. The summed E-state index contributed by atoms with van der Waals surface area (Å²) in [4.78, 5) is 34.8. The number of fused-ring (bicyclic) bond motifs is 1. The van der Waals surface area contributed by atoms with Crippen molar-refractivity contribution in [3.05, 3.63) is 50.4 Å². The molecular weight excluding hydrogens is 390 g/mol. The molecule has 10 nitrogen and oxygen atoms in total. The zero-order valence-electron chi connectivity index (χ0n) is 14.3. The van der Waals surface area contributed by atoms with Gasteiger partial charge in [0.25, 0.3) is 11.6 Å². The van der Waals surface area contributed by atoms with Gasteiger partial charge >= 0.3 is 5.97 Å². The maximum Gasteiger partial charge on any atom is 0.340 e. The number of nitriles is 1. The van der Waals surface area contributed by atoms with E-state index in [1.807, 2.05) is 0 Å². The van der Waals surface area contributed by atoms with Crippen molar-refractivity contribution in [3.8, 4) is 17.6 Å². The summed E-state index contributed by atoms with van der Waals surface area (Å²) in [5.41, 5.74) is -0.616. The van der Waals surface area contributed by atoms with E-state index in [0.29, 0.717) is 0 Å². The van der Waals surface area contributed by atoms with Gasteiger partial charge in [-0.05, 0) is 23.6 Å². The van der Waals surface area contributed by atoms with Crippen LogP contribution in [0.3, 0.4) is 0 Å². The average molecular weight is 401 g/mol. The molecule has 1 amide bonds. The van der Waals surface area contributed by atoms with Crippen LogP contribution in [0.5, 0.6) is 11.5 Å². The number of carbonyl (C=O) groups excluding carboxylic acids is 2. The van der Waals surface area contributed by atoms with Crippen molar-refractivity contribution in [2.75, 3.05) is 19.2 Å². The molecule has 2 aromatic rings. The number of nitrogens with zero attached hydrogens (tertiary/aromatic N) is 2. The smallest absolute Gasteiger partial charge is 0.340 e. The van der Waals surface area contributed by atoms with Crippen molar-refractivity contribution in [3.63, 3.8) is 0 Å². The third kappa shape index (κ3) is 3.62. The fraction of sp³-hybridized carbons (Fsp3) is 0.118. The molecule has 0 saturated heterocycles. The Morgan fingerprint density at radius 2 is 2.11 bits per heavy atom. The third-order valence-electron chi connectivity index (χ3n) is 3.68. The normalized spacial score (nSPS) is 12.2. The van der Waals surface area contributed by atoms with E-state index in [-0.39, 0.29) is 40.1 Å². The molecular formula is C17H11N3O7S. The second kappa shape index (κ2) is 7.77. The largest absolute Gasteiger partial charge is 0.465 e. The van der Waals surface area contributed by atoms with Crippen LogP contribution in [0.2, 0.25) is 0 Å². The summed E-state index contributed by atoms with van der Waals surface area (Å²) in [6.45, 7) is -0.0834. The summed E-state index contributed by atoms with van der Waals surface area (Å²) in [5.74, 6) is -1.01. The molecule has 0 unspecified atom stereocenters. The number of amides is 1. The predicted molar refractivity (Wildman–Crippen MR) is 97.1 cm³/mol. The highest BCUT2D eigenvalue weighted by Gasteiger charge is 2.24. The SMILES string of the molecule is COC(=O)c1ccsc1NC(=O)/C(C#N)=C\c1cc2c(cc1[N+](=O)[O-])OCO2. The first-order chi connectivity index (χ1) is 13.4. The summed E-state index contributed by atoms with van der Waals surface area (Å²) >= 11 is 1.07. The second-order valence-corrected chi connectivity index (χ2v) is 6.22. The number of rotatable bonds is 5. The minimum Gasteiger partial charge on any atom is -0.465 e. The van der Waals surface area contributed by atoms with E-state index in [1.165, 1.54) is 19.2 Å². The van der Waals surface area contributed by atoms with Crippen LogP contribution in [0, 0.1) is 21.4 Å². The van der Waals surface area contributed by atoms with Crippen LogP contribution in [0.1, 0.15) is 15.9 Å². The molecule has 1 aromatic carbocycles. The fourth-order valence-electron chi connectivity index (χ4n) is 2.37. The van der Waals surface area contributed by atoms with E-state index >= 15 is 0 Å². The highest BCUT2D eigenvalue weighted by molar-refractivity contribution is 7.14. The average Bonchev–Trinajstić information content (AvgIpc) is 3.33. The predicted octanol–water partition coefficient (Wildman–Crippen LogP) is 2.72. The molecule has 142 valence electrons. The summed E-state index contributed by atoms with van der Waals surface area (Å²) in [6, 6.07) is 5.64. The fourth-order valence-corrected chi connectivity index (χ4v) is 3.14. The molecule has 0 aliphatic carbocycles. The van der Waals surface area contributed by atoms with Gasteiger partial charge in [0.1, 0.15) is 16.6 Å². The van der Waals surface area contributed by atoms with Crippen LogP contribution in [0.4, 0.5) is 10.7 Å². The zero-order chi connectivity index (χ0) is 20.3. The number of nitro benzene ring substituents is 1. The number of ether oxygens (including phenoxy) is 3. The quantitative estimate of drug-likeness (QED) is 0.265. The van der Waals surface area contributed by atoms with Crippen LogP contribution in [0.15, 0.2) is 29.2 Å². The van der Waals surface area contributed by atoms with E-state index in [0.717, 1.165) is 23.5 Å². The van der Waals surface area contributed by atoms with Crippen molar-refractivity contribution < 1.29 is 28.7 Å². The lowest BCUT2D eigenvalue weighted by molar-refractivity contribution is -0.385. The Kier molecular flexibility index (Phi) is 5.23. The van der Waals surface area contributed by atoms with Crippen molar-refractivity contribution in [2.45, 2.75) is 0 Å². The maximum absolute atomic E-state index is 12.5. The number of methoxy groups -OCH3 is 1. The molecule has 28 heavy (non-hydrogen) atoms. The van der Waals surface area contributed by atoms with Crippen LogP contribution in [0.25, 0.3) is 6.08 Å². The summed E-state index contributed by atoms with van der Waals surface area (Å²) in [5, 5.41) is 24.9. The van der Waals surface area contributed by atoms with Crippen LogP contribution in [-0.2, 0) is 9.53 Å². The Morgan fingerprint density at radius 1 is 1.39 bits per heavy atom. The van der Waals surface area contributed by atoms with Crippen LogP contribution in [-0.4, -0.2) is 30.7 Å². The van der Waals surface area contributed by atoms with Gasteiger partial charge in [0, 0.05) is 0 Å². The van der Waals surface area contributed by atoms with Crippen molar-refractivity contribution in [1.29, 1.82) is 5.26 Å². The molecule has 3 rings (SSSR count). The number of anilines is 1. The lowest BCUT2D eigenvalue weighted by Gasteiger charge is -2.05. The molecule has 0 bridgehead atoms. The minimum atomic E-state index is -0.831. The van der Waals surface area contributed by atoms with E-state index in [4.69, 9.17) is 9.47 Å². The second-order valence-electron chi connectivity index (χ2n) is 5.30. The summed E-state index contributed by atoms with van der Waals surface area (Å²) in [7, 11) is 1.20. The molecule has 0 saturated carbocycles. The molecule has 0 atom stereocenters. The van der Waals surface area contributed by atoms with Gasteiger partial charge in [-0.25, -0.2) is 4.79 Å². The van der Waals surface area contributed by atoms with Gasteiger partial charge in [0.2, 0.25) is 6.79 Å². The molecule has 0 radical (unpaired) electrons. The number of nitro groups is 1. The zero-order valence-corrected chi connectivity index (χ0v) is 15.1. The molecule has 2 heterocycles. The monoisotopic (exact) mass is 401 g/mol. The Balaban J connectivity index is 1.94. The van der Waals surface area contributed by atoms with Gasteiger partial charge in [-0.3, -0.25) is 14.9 Å². The van der Waals surface area contributed by atoms with E-state index in [2.05, 4.69) is 10.1 Å². The first-order valence-electron chi connectivity index (χ1n) is 7.61. The number of hydrogen-bond acceptors (Lipinski definition) is 9. The van der Waals surface area contributed by atoms with Crippen molar-refractivity contribution in [1.82, 2.24) is 0 Å². The Hall–Kier alpha value is -3.91. The van der Waals surface area contributed by atoms with Crippen LogP contribution >= 0.6 is 11.3 Å². The lowest BCUT2D eigenvalue weighted by atomic mass is 10.1. The Labute approximate surface area is 161 Å². The van der Waals surface area contributed by atoms with Gasteiger partial charge in [-0.2, -0.15) is 5.26 Å². The summed E-state index contributed by atoms with van der Waals surface area (Å²) in [6.07, 6.45) is 1.07. The molecule has 11 heteroatoms. The first kappa shape index (κ1) is 18.9.